The summed E-state index contributed by atoms with van der Waals surface area (Å²) in [5.74, 6) is -6.46. The van der Waals surface area contributed by atoms with Gasteiger partial charge in [0.25, 0.3) is 5.91 Å². The summed E-state index contributed by atoms with van der Waals surface area (Å²) >= 11 is 0. The predicted octanol–water partition coefficient (Wildman–Crippen LogP) is 4.64. The minimum absolute atomic E-state index is 0.0183. The van der Waals surface area contributed by atoms with E-state index < -0.39 is 78.1 Å². The molecule has 4 fully saturated rings. The van der Waals surface area contributed by atoms with Gasteiger partial charge in [0.05, 0.1) is 5.69 Å². The van der Waals surface area contributed by atoms with Gasteiger partial charge in [-0.05, 0) is 87.0 Å². The largest absolute Gasteiger partial charge is 0.346 e. The third-order valence-corrected chi connectivity index (χ3v) is 10.7. The van der Waals surface area contributed by atoms with Gasteiger partial charge in [0.1, 0.15) is 23.6 Å². The zero-order valence-corrected chi connectivity index (χ0v) is 27.0. The van der Waals surface area contributed by atoms with Crippen molar-refractivity contribution < 1.29 is 41.1 Å². The predicted molar refractivity (Wildman–Crippen MR) is 167 cm³/mol. The second kappa shape index (κ2) is 14.1. The molecule has 1 saturated heterocycles. The highest BCUT2D eigenvalue weighted by atomic mass is 19.3. The van der Waals surface area contributed by atoms with Gasteiger partial charge in [-0.15, -0.1) is 0 Å². The Kier molecular flexibility index (Phi) is 9.99. The molecule has 1 aromatic carbocycles. The third kappa shape index (κ3) is 7.75. The van der Waals surface area contributed by atoms with Crippen molar-refractivity contribution in [2.75, 3.05) is 18.4 Å². The van der Waals surface area contributed by atoms with Crippen molar-refractivity contribution in [3.8, 4) is 0 Å². The Morgan fingerprint density at radius 3 is 2.24 bits per heavy atom. The number of hydrogen-bond donors (Lipinski definition) is 3. The fourth-order valence-electron chi connectivity index (χ4n) is 7.33. The third-order valence-electron chi connectivity index (χ3n) is 10.7. The van der Waals surface area contributed by atoms with E-state index in [2.05, 4.69) is 21.0 Å². The van der Waals surface area contributed by atoms with Crippen LogP contribution in [0.15, 0.2) is 30.5 Å². The van der Waals surface area contributed by atoms with Crippen molar-refractivity contribution in [2.24, 2.45) is 17.8 Å². The molecule has 3 saturated carbocycles. The topological polar surface area (TPSA) is 125 Å². The van der Waals surface area contributed by atoms with E-state index in [1.807, 2.05) is 0 Å². The average molecular weight is 693 g/mol. The van der Waals surface area contributed by atoms with Gasteiger partial charge < -0.3 is 20.9 Å². The molecule has 0 spiro atoms. The smallest absolute Gasteiger partial charge is 0.270 e. The normalized spacial score (nSPS) is 21.9. The molecule has 49 heavy (non-hydrogen) atoms. The quantitative estimate of drug-likeness (QED) is 0.208. The van der Waals surface area contributed by atoms with E-state index in [9.17, 15) is 36.7 Å². The maximum absolute atomic E-state index is 15.7. The van der Waals surface area contributed by atoms with E-state index in [4.69, 9.17) is 0 Å². The van der Waals surface area contributed by atoms with Gasteiger partial charge in [0, 0.05) is 50.0 Å². The van der Waals surface area contributed by atoms with Gasteiger partial charge >= 0.3 is 0 Å². The van der Waals surface area contributed by atoms with Gasteiger partial charge in [-0.1, -0.05) is 6.07 Å². The summed E-state index contributed by atoms with van der Waals surface area (Å²) in [5, 5.41) is 12.0. The first-order valence-electron chi connectivity index (χ1n) is 17.0. The van der Waals surface area contributed by atoms with Crippen LogP contribution in [0.4, 0.5) is 27.6 Å². The Labute approximate surface area is 280 Å². The number of nitrogens with one attached hydrogen (secondary N) is 3. The molecule has 10 nitrogen and oxygen atoms in total. The van der Waals surface area contributed by atoms with Crippen molar-refractivity contribution in [1.29, 1.82) is 0 Å². The summed E-state index contributed by atoms with van der Waals surface area (Å²) in [4.78, 5) is 53.6. The van der Waals surface area contributed by atoms with Crippen molar-refractivity contribution in [3.05, 3.63) is 47.5 Å². The first-order valence-corrected chi connectivity index (χ1v) is 17.0. The molecule has 266 valence electrons. The van der Waals surface area contributed by atoms with Gasteiger partial charge in [0.2, 0.25) is 30.6 Å². The molecule has 2 unspecified atom stereocenters. The van der Waals surface area contributed by atoms with Crippen LogP contribution in [-0.4, -0.2) is 76.3 Å². The van der Waals surface area contributed by atoms with Crippen LogP contribution < -0.4 is 16.0 Å². The molecule has 2 aromatic rings. The Morgan fingerprint density at radius 2 is 1.65 bits per heavy atom. The van der Waals surface area contributed by atoms with Crippen LogP contribution in [0.3, 0.4) is 0 Å². The lowest BCUT2D eigenvalue weighted by atomic mass is 9.81. The number of rotatable bonds is 13. The first kappa shape index (κ1) is 34.8. The van der Waals surface area contributed by atoms with Crippen molar-refractivity contribution in [1.82, 2.24) is 25.3 Å². The molecular formula is C34H41F5N6O4. The second-order valence-electron chi connectivity index (χ2n) is 14.0. The maximum Gasteiger partial charge on any atom is 0.270 e. The number of carbonyl (C=O) groups excluding carboxylic acids is 4. The number of piperidine rings is 1. The van der Waals surface area contributed by atoms with Crippen molar-refractivity contribution >= 4 is 29.8 Å². The number of halogens is 5. The fourth-order valence-corrected chi connectivity index (χ4v) is 7.33. The molecule has 3 aliphatic carbocycles. The van der Waals surface area contributed by atoms with Gasteiger partial charge in [-0.2, -0.15) is 5.10 Å². The molecule has 6 rings (SSSR count). The van der Waals surface area contributed by atoms with Crippen molar-refractivity contribution in [3.63, 3.8) is 0 Å². The zero-order valence-electron chi connectivity index (χ0n) is 27.0. The lowest BCUT2D eigenvalue weighted by Gasteiger charge is -2.36. The summed E-state index contributed by atoms with van der Waals surface area (Å²) in [7, 11) is 0. The van der Waals surface area contributed by atoms with Gasteiger partial charge in [0.15, 0.2) is 0 Å². The zero-order chi connectivity index (χ0) is 34.9. The standard InChI is InChI=1S/C34H41F5N6O4/c35-24-17-23(33(12-13-33)28(40-19-46)32(49)44-15-8-22(9-16-44)29(36)37)3-4-25(24)42-31(48)27(21-5-10-34(38,39)11-6-21)43-30(47)26-7-14-41-45(26)18-20-1-2-20/h3-4,7,14,17,19-22,27-29H,1-2,5-6,8-13,15-16,18H2,(H,40,46)(H,42,48)(H,43,47). The highest BCUT2D eigenvalue weighted by Crippen LogP contribution is 2.52. The van der Waals surface area contributed by atoms with Crippen LogP contribution in [0.1, 0.15) is 80.3 Å². The molecule has 0 radical (unpaired) electrons. The molecule has 4 amide bonds. The molecule has 1 aliphatic heterocycles. The maximum atomic E-state index is 15.7. The Hall–Kier alpha value is -4.04. The molecule has 1 aromatic heterocycles. The lowest BCUT2D eigenvalue weighted by molar-refractivity contribution is -0.138. The summed E-state index contributed by atoms with van der Waals surface area (Å²) in [5.41, 5.74) is -0.471. The number of carbonyl (C=O) groups is 4. The Bertz CT molecular complexity index is 1540. The molecule has 3 N–H and O–H groups in total. The molecular weight excluding hydrogens is 651 g/mol. The second-order valence-corrected chi connectivity index (χ2v) is 14.0. The summed E-state index contributed by atoms with van der Waals surface area (Å²) < 4.78 is 71.6. The van der Waals surface area contributed by atoms with Crippen LogP contribution in [0.25, 0.3) is 0 Å². The number of benzene rings is 1. The van der Waals surface area contributed by atoms with Gasteiger partial charge in [-0.25, -0.2) is 22.0 Å². The van der Waals surface area contributed by atoms with E-state index in [0.29, 0.717) is 37.3 Å². The monoisotopic (exact) mass is 692 g/mol. The van der Waals surface area contributed by atoms with Crippen LogP contribution in [-0.2, 0) is 26.3 Å². The summed E-state index contributed by atoms with van der Waals surface area (Å²) in [6.45, 7) is 0.798. The first-order chi connectivity index (χ1) is 23.4. The number of nitrogens with zero attached hydrogens (tertiary/aromatic N) is 3. The minimum atomic E-state index is -2.87. The van der Waals surface area contributed by atoms with E-state index >= 15 is 4.39 Å². The molecule has 2 atom stereocenters. The number of amides is 4. The van der Waals surface area contributed by atoms with Crippen LogP contribution in [0.2, 0.25) is 0 Å². The summed E-state index contributed by atoms with van der Waals surface area (Å²) in [6.07, 6.45) is 1.74. The van der Waals surface area contributed by atoms with E-state index in [1.165, 1.54) is 29.3 Å². The highest BCUT2D eigenvalue weighted by Gasteiger charge is 2.55. The fraction of sp³-hybridized carbons (Fsp3) is 0.618. The van der Waals surface area contributed by atoms with E-state index in [0.717, 1.165) is 12.8 Å². The van der Waals surface area contributed by atoms with Gasteiger partial charge in [-0.3, -0.25) is 23.9 Å². The SMILES string of the molecule is O=CNC(C(=O)N1CCC(C(F)F)CC1)C1(c2ccc(NC(=O)C(NC(=O)c3ccnn3CC3CC3)C3CCC(F)(F)CC3)c(F)c2)CC1. The van der Waals surface area contributed by atoms with E-state index in [-0.39, 0.29) is 50.2 Å². The van der Waals surface area contributed by atoms with E-state index in [1.54, 1.807) is 10.7 Å². The van der Waals surface area contributed by atoms with Crippen molar-refractivity contribution in [2.45, 2.75) is 101 Å². The average Bonchev–Trinajstić information content (AvgIpc) is 4.01. The minimum Gasteiger partial charge on any atom is -0.346 e. The number of likely N-dealkylation sites (tertiary alicyclic amines) is 1. The summed E-state index contributed by atoms with van der Waals surface area (Å²) in [6, 6.07) is 3.32. The highest BCUT2D eigenvalue weighted by molar-refractivity contribution is 6.00. The number of alkyl halides is 4. The Morgan fingerprint density at radius 1 is 0.959 bits per heavy atom. The number of anilines is 1. The number of aromatic nitrogens is 2. The molecule has 0 bridgehead atoms. The molecule has 15 heteroatoms. The van der Waals surface area contributed by atoms with Crippen LogP contribution in [0.5, 0.6) is 0 Å². The Balaban J connectivity index is 1.17. The molecule has 4 aliphatic rings. The molecule has 2 heterocycles. The van der Waals surface area contributed by atoms with Crippen LogP contribution in [0, 0.1) is 23.6 Å². The van der Waals surface area contributed by atoms with Crippen LogP contribution >= 0.6 is 0 Å². The lowest BCUT2D eigenvalue weighted by Crippen LogP contribution is -2.54. The number of hydrogen-bond acceptors (Lipinski definition) is 5.